The normalized spacial score (nSPS) is 34.5. The molecule has 0 aliphatic carbocycles. The van der Waals surface area contributed by atoms with E-state index in [4.69, 9.17) is 4.74 Å². The van der Waals surface area contributed by atoms with E-state index in [1.807, 2.05) is 0 Å². The molecule has 1 aliphatic heterocycles. The first-order valence-corrected chi connectivity index (χ1v) is 2.67. The quantitative estimate of drug-likeness (QED) is 0.429. The van der Waals surface area contributed by atoms with Crippen molar-refractivity contribution in [1.29, 1.82) is 0 Å². The van der Waals surface area contributed by atoms with E-state index in [-0.39, 0.29) is 5.97 Å². The molecule has 1 rings (SSSR count). The fourth-order valence-corrected chi connectivity index (χ4v) is 0.749. The molecule has 0 aromatic carbocycles. The monoisotopic (exact) mass is 105 g/mol. The maximum absolute atomic E-state index is 5.00. The van der Waals surface area contributed by atoms with Gasteiger partial charge in [0.15, 0.2) is 0 Å². The second-order valence-corrected chi connectivity index (χ2v) is 1.85. The predicted octanol–water partition coefficient (Wildman–Crippen LogP) is -0.235. The lowest BCUT2D eigenvalue weighted by Gasteiger charge is -1.95. The molecule has 0 aromatic heterocycles. The molecule has 0 saturated carbocycles. The van der Waals surface area contributed by atoms with Crippen molar-refractivity contribution >= 4 is 9.24 Å². The smallest absolute Gasteiger partial charge is 0.121 e. The Morgan fingerprint density at radius 3 is 2.83 bits per heavy atom. The minimum Gasteiger partial charge on any atom is -0.359 e. The maximum Gasteiger partial charge on any atom is 0.121 e. The van der Waals surface area contributed by atoms with Crippen LogP contribution in [0.1, 0.15) is 0 Å². The van der Waals surface area contributed by atoms with Crippen molar-refractivity contribution in [2.45, 2.75) is 5.97 Å². The Kier molecular flexibility index (Phi) is 1.41. The highest BCUT2D eigenvalue weighted by Crippen LogP contribution is 2.00. The van der Waals surface area contributed by atoms with Crippen LogP contribution < -0.4 is 5.32 Å². The SMILES string of the molecule is PC1NCCO1. The summed E-state index contributed by atoms with van der Waals surface area (Å²) in [6, 6.07) is 0. The largest absolute Gasteiger partial charge is 0.359 e. The van der Waals surface area contributed by atoms with Crippen LogP contribution in [-0.2, 0) is 4.74 Å². The zero-order valence-corrected chi connectivity index (χ0v) is 4.63. The van der Waals surface area contributed by atoms with Crippen LogP contribution in [0, 0.1) is 0 Å². The van der Waals surface area contributed by atoms with Gasteiger partial charge in [0.05, 0.1) is 6.61 Å². The summed E-state index contributed by atoms with van der Waals surface area (Å²) in [6.45, 7) is 1.85. The Balaban J connectivity index is 2.18. The Hall–Kier alpha value is 0.350. The van der Waals surface area contributed by atoms with Crippen LogP contribution in [0.2, 0.25) is 0 Å². The van der Waals surface area contributed by atoms with Gasteiger partial charge < -0.3 is 4.74 Å². The summed E-state index contributed by atoms with van der Waals surface area (Å²) < 4.78 is 5.00. The topological polar surface area (TPSA) is 21.3 Å². The lowest BCUT2D eigenvalue weighted by molar-refractivity contribution is 0.167. The number of nitrogens with one attached hydrogen (secondary N) is 1. The second kappa shape index (κ2) is 1.87. The Morgan fingerprint density at radius 2 is 2.67 bits per heavy atom. The summed E-state index contributed by atoms with van der Waals surface area (Å²) in [4.78, 5) is 0. The summed E-state index contributed by atoms with van der Waals surface area (Å²) in [5, 5.41) is 3.06. The Morgan fingerprint density at radius 1 is 1.83 bits per heavy atom. The average Bonchev–Trinajstić information content (AvgIpc) is 1.86. The fourth-order valence-electron chi connectivity index (χ4n) is 0.446. The van der Waals surface area contributed by atoms with Crippen LogP contribution in [0.3, 0.4) is 0 Å². The van der Waals surface area contributed by atoms with Gasteiger partial charge in [0.1, 0.15) is 5.97 Å². The number of rotatable bonds is 0. The Bertz CT molecular complexity index is 44.1. The third-order valence-corrected chi connectivity index (χ3v) is 1.17. The minimum absolute atomic E-state index is 0.213. The molecular weight excluding hydrogens is 97.0 g/mol. The number of ether oxygens (including phenoxy) is 1. The highest BCUT2D eigenvalue weighted by Gasteiger charge is 2.05. The van der Waals surface area contributed by atoms with Crippen LogP contribution in [0.25, 0.3) is 0 Å². The molecule has 2 atom stereocenters. The van der Waals surface area contributed by atoms with Crippen LogP contribution in [-0.4, -0.2) is 19.1 Å². The number of hydrogen-bond donors (Lipinski definition) is 1. The predicted molar refractivity (Wildman–Crippen MR) is 27.5 cm³/mol. The Labute approximate surface area is 39.5 Å². The fraction of sp³-hybridized carbons (Fsp3) is 1.00. The van der Waals surface area contributed by atoms with E-state index < -0.39 is 0 Å². The van der Waals surface area contributed by atoms with Gasteiger partial charge in [-0.2, -0.15) is 0 Å². The summed E-state index contributed by atoms with van der Waals surface area (Å²) in [5.74, 6) is 0.213. The van der Waals surface area contributed by atoms with Crippen LogP contribution in [0.4, 0.5) is 0 Å². The summed E-state index contributed by atoms with van der Waals surface area (Å²) in [7, 11) is 2.54. The van der Waals surface area contributed by atoms with Crippen molar-refractivity contribution in [1.82, 2.24) is 5.32 Å². The molecule has 3 heteroatoms. The third kappa shape index (κ3) is 0.904. The third-order valence-electron chi connectivity index (χ3n) is 0.745. The van der Waals surface area contributed by atoms with Gasteiger partial charge in [-0.3, -0.25) is 5.32 Å². The first kappa shape index (κ1) is 4.51. The van der Waals surface area contributed by atoms with Gasteiger partial charge >= 0.3 is 0 Å². The molecule has 0 bridgehead atoms. The van der Waals surface area contributed by atoms with E-state index in [1.54, 1.807) is 0 Å². The maximum atomic E-state index is 5.00. The van der Waals surface area contributed by atoms with Crippen LogP contribution in [0.5, 0.6) is 0 Å². The van der Waals surface area contributed by atoms with Crippen molar-refractivity contribution in [3.05, 3.63) is 0 Å². The highest BCUT2D eigenvalue weighted by atomic mass is 31.0. The van der Waals surface area contributed by atoms with Crippen molar-refractivity contribution in [3.63, 3.8) is 0 Å². The minimum atomic E-state index is 0.213. The van der Waals surface area contributed by atoms with Crippen molar-refractivity contribution < 1.29 is 4.74 Å². The van der Waals surface area contributed by atoms with Gasteiger partial charge in [-0.1, -0.05) is 9.24 Å². The summed E-state index contributed by atoms with van der Waals surface area (Å²) in [5.41, 5.74) is 0. The molecular formula is C3H8NOP. The lowest BCUT2D eigenvalue weighted by Crippen LogP contribution is -2.13. The van der Waals surface area contributed by atoms with E-state index in [0.29, 0.717) is 0 Å². The van der Waals surface area contributed by atoms with E-state index in [9.17, 15) is 0 Å². The molecule has 36 valence electrons. The van der Waals surface area contributed by atoms with Gasteiger partial charge in [-0.15, -0.1) is 0 Å². The van der Waals surface area contributed by atoms with Gasteiger partial charge in [-0.25, -0.2) is 0 Å². The lowest BCUT2D eigenvalue weighted by atomic mass is 10.7. The molecule has 1 fully saturated rings. The second-order valence-electron chi connectivity index (χ2n) is 1.25. The van der Waals surface area contributed by atoms with E-state index in [2.05, 4.69) is 14.6 Å². The molecule has 1 aliphatic rings. The number of hydrogen-bond acceptors (Lipinski definition) is 2. The molecule has 1 saturated heterocycles. The first-order chi connectivity index (χ1) is 2.89. The molecule has 1 N–H and O–H groups in total. The standard InChI is InChI=1S/C3H8NOP/c6-3-4-1-2-5-3/h3-4H,1-2,6H2. The van der Waals surface area contributed by atoms with Crippen molar-refractivity contribution in [3.8, 4) is 0 Å². The first-order valence-electron chi connectivity index (χ1n) is 2.00. The average molecular weight is 105 g/mol. The summed E-state index contributed by atoms with van der Waals surface area (Å²) >= 11 is 0. The van der Waals surface area contributed by atoms with Gasteiger partial charge in [-0.05, 0) is 0 Å². The molecule has 0 spiro atoms. The van der Waals surface area contributed by atoms with Gasteiger partial charge in [0, 0.05) is 6.54 Å². The van der Waals surface area contributed by atoms with Gasteiger partial charge in [0.25, 0.3) is 0 Å². The molecule has 0 radical (unpaired) electrons. The van der Waals surface area contributed by atoms with E-state index >= 15 is 0 Å². The zero-order chi connectivity index (χ0) is 4.41. The van der Waals surface area contributed by atoms with Crippen molar-refractivity contribution in [2.24, 2.45) is 0 Å². The molecule has 0 amide bonds. The van der Waals surface area contributed by atoms with E-state index in [0.717, 1.165) is 13.2 Å². The van der Waals surface area contributed by atoms with E-state index in [1.165, 1.54) is 0 Å². The van der Waals surface area contributed by atoms with Crippen LogP contribution in [0.15, 0.2) is 0 Å². The highest BCUT2D eigenvalue weighted by molar-refractivity contribution is 7.17. The molecule has 2 nitrogen and oxygen atoms in total. The van der Waals surface area contributed by atoms with Crippen LogP contribution >= 0.6 is 9.24 Å². The van der Waals surface area contributed by atoms with Gasteiger partial charge in [0.2, 0.25) is 0 Å². The molecule has 2 unspecified atom stereocenters. The molecule has 6 heavy (non-hydrogen) atoms. The molecule has 0 aromatic rings. The molecule has 1 heterocycles. The summed E-state index contributed by atoms with van der Waals surface area (Å²) in [6.07, 6.45) is 0. The van der Waals surface area contributed by atoms with Crippen molar-refractivity contribution in [2.75, 3.05) is 13.2 Å². The zero-order valence-electron chi connectivity index (χ0n) is 3.48.